The van der Waals surface area contributed by atoms with Crippen LogP contribution in [0.2, 0.25) is 0 Å². The molecule has 6 nitrogen and oxygen atoms in total. The molecule has 3 atom stereocenters. The third-order valence-electron chi connectivity index (χ3n) is 7.34. The van der Waals surface area contributed by atoms with Crippen LogP contribution in [0.25, 0.3) is 0 Å². The second-order valence-electron chi connectivity index (χ2n) is 10.6. The van der Waals surface area contributed by atoms with Gasteiger partial charge in [0.2, 0.25) is 5.91 Å². The average molecular weight is 460 g/mol. The van der Waals surface area contributed by atoms with Crippen LogP contribution in [0.15, 0.2) is 12.1 Å². The Labute approximate surface area is 198 Å². The van der Waals surface area contributed by atoms with Crippen LogP contribution in [0.3, 0.4) is 0 Å². The van der Waals surface area contributed by atoms with E-state index in [9.17, 15) is 14.7 Å². The Balaban J connectivity index is 1.91. The third kappa shape index (κ3) is 6.50. The monoisotopic (exact) mass is 459 g/mol. The number of aryl methyl sites for hydroxylation is 2. The van der Waals surface area contributed by atoms with Crippen molar-refractivity contribution in [2.24, 2.45) is 11.3 Å². The molecule has 3 rings (SSSR count). The van der Waals surface area contributed by atoms with Gasteiger partial charge in [0, 0.05) is 17.4 Å². The van der Waals surface area contributed by atoms with E-state index in [-0.39, 0.29) is 25.0 Å². The number of cyclic esters (lactones) is 1. The Hall–Kier alpha value is -2.08. The molecule has 184 valence electrons. The molecule has 1 saturated heterocycles. The van der Waals surface area contributed by atoms with Crippen molar-refractivity contribution in [1.29, 1.82) is 0 Å². The molecule has 0 bridgehead atoms. The maximum absolute atomic E-state index is 13.2. The van der Waals surface area contributed by atoms with E-state index in [4.69, 9.17) is 9.47 Å². The van der Waals surface area contributed by atoms with Crippen LogP contribution >= 0.6 is 0 Å². The molecule has 2 N–H and O–H groups in total. The fourth-order valence-electron chi connectivity index (χ4n) is 4.97. The van der Waals surface area contributed by atoms with Gasteiger partial charge in [0.05, 0.1) is 18.6 Å². The quantitative estimate of drug-likeness (QED) is 0.539. The van der Waals surface area contributed by atoms with E-state index < -0.39 is 23.6 Å². The van der Waals surface area contributed by atoms with E-state index in [2.05, 4.69) is 24.4 Å². The second kappa shape index (κ2) is 10.9. The molecule has 2 fully saturated rings. The van der Waals surface area contributed by atoms with Crippen molar-refractivity contribution in [1.82, 2.24) is 5.32 Å². The summed E-state index contributed by atoms with van der Waals surface area (Å²) in [5.74, 6) is 0.780. The lowest BCUT2D eigenvalue weighted by atomic mass is 9.79. The van der Waals surface area contributed by atoms with Crippen molar-refractivity contribution in [3.8, 4) is 5.75 Å². The highest BCUT2D eigenvalue weighted by Crippen LogP contribution is 2.41. The molecule has 0 unspecified atom stereocenters. The summed E-state index contributed by atoms with van der Waals surface area (Å²) in [6.45, 7) is 10.3. The normalized spacial score (nSPS) is 23.0. The summed E-state index contributed by atoms with van der Waals surface area (Å²) in [4.78, 5) is 25.0. The van der Waals surface area contributed by atoms with E-state index in [1.165, 1.54) is 19.3 Å². The maximum Gasteiger partial charge on any atom is 0.308 e. The first-order valence-corrected chi connectivity index (χ1v) is 12.5. The summed E-state index contributed by atoms with van der Waals surface area (Å²) in [6, 6.07) is 4.08. The van der Waals surface area contributed by atoms with Crippen molar-refractivity contribution in [3.05, 3.63) is 28.8 Å². The molecule has 2 aliphatic rings. The summed E-state index contributed by atoms with van der Waals surface area (Å²) in [6.07, 6.45) is 5.75. The van der Waals surface area contributed by atoms with Gasteiger partial charge in [0.1, 0.15) is 18.5 Å². The van der Waals surface area contributed by atoms with Gasteiger partial charge in [-0.3, -0.25) is 9.59 Å². The van der Waals surface area contributed by atoms with Crippen LogP contribution < -0.4 is 10.1 Å². The number of hydrogen-bond acceptors (Lipinski definition) is 5. The summed E-state index contributed by atoms with van der Waals surface area (Å²) in [7, 11) is 0. The van der Waals surface area contributed by atoms with Crippen LogP contribution in [-0.4, -0.2) is 35.8 Å². The van der Waals surface area contributed by atoms with E-state index in [1.807, 2.05) is 27.7 Å². The number of amides is 1. The molecule has 0 spiro atoms. The van der Waals surface area contributed by atoms with Gasteiger partial charge in [-0.25, -0.2) is 0 Å². The number of aliphatic hydroxyl groups excluding tert-OH is 1. The highest BCUT2D eigenvalue weighted by Gasteiger charge is 2.34. The largest absolute Gasteiger partial charge is 0.489 e. The van der Waals surface area contributed by atoms with Crippen LogP contribution in [0.4, 0.5) is 0 Å². The molecule has 1 aromatic carbocycles. The summed E-state index contributed by atoms with van der Waals surface area (Å²) in [5.41, 5.74) is 2.68. The fourth-order valence-corrected chi connectivity index (χ4v) is 4.97. The molecule has 0 aromatic heterocycles. The third-order valence-corrected chi connectivity index (χ3v) is 7.34. The van der Waals surface area contributed by atoms with E-state index in [1.54, 1.807) is 0 Å². The molecule has 1 amide bonds. The number of hydrogen-bond donors (Lipinski definition) is 2. The van der Waals surface area contributed by atoms with Gasteiger partial charge in [0.25, 0.3) is 0 Å². The minimum Gasteiger partial charge on any atom is -0.489 e. The number of esters is 1. The van der Waals surface area contributed by atoms with Gasteiger partial charge in [-0.15, -0.1) is 0 Å². The van der Waals surface area contributed by atoms with E-state index in [0.717, 1.165) is 41.7 Å². The minimum absolute atomic E-state index is 0.0360. The Morgan fingerprint density at radius 3 is 2.58 bits per heavy atom. The van der Waals surface area contributed by atoms with Crippen molar-refractivity contribution >= 4 is 11.9 Å². The molecule has 6 heteroatoms. The topological polar surface area (TPSA) is 84.9 Å². The van der Waals surface area contributed by atoms with Crippen molar-refractivity contribution in [2.75, 3.05) is 6.61 Å². The van der Waals surface area contributed by atoms with Crippen molar-refractivity contribution < 1.29 is 24.2 Å². The van der Waals surface area contributed by atoms with Crippen LogP contribution in [0.5, 0.6) is 5.75 Å². The standard InChI is InChI=1S/C27H41NO5/c1-6-27(4,5)26(31)28-24(19-10-8-7-9-11-19)22-13-17(2)12-18(3)25(22)32-16-21-14-20(29)15-23(30)33-21/h12-13,19-21,24,29H,6-11,14-16H2,1-5H3,(H,28,31)/t20-,21+,24-/m1/s1. The van der Waals surface area contributed by atoms with Gasteiger partial charge in [-0.2, -0.15) is 0 Å². The predicted octanol–water partition coefficient (Wildman–Crippen LogP) is 4.92. The smallest absolute Gasteiger partial charge is 0.308 e. The highest BCUT2D eigenvalue weighted by molar-refractivity contribution is 5.82. The SMILES string of the molecule is CCC(C)(C)C(=O)N[C@@H](c1cc(C)cc(C)c1OC[C@@H]1C[C@@H](O)CC(=O)O1)C1CCCCC1. The first kappa shape index (κ1) is 25.5. The number of carbonyl (C=O) groups excluding carboxylic acids is 2. The number of carbonyl (C=O) groups is 2. The number of nitrogens with one attached hydrogen (secondary N) is 1. The summed E-state index contributed by atoms with van der Waals surface area (Å²) < 4.78 is 11.7. The van der Waals surface area contributed by atoms with Crippen LogP contribution in [-0.2, 0) is 14.3 Å². The summed E-state index contributed by atoms with van der Waals surface area (Å²) >= 11 is 0. The first-order chi connectivity index (χ1) is 15.6. The molecular formula is C27H41NO5. The van der Waals surface area contributed by atoms with Gasteiger partial charge in [-0.1, -0.05) is 57.7 Å². The molecule has 1 aromatic rings. The number of ether oxygens (including phenoxy) is 2. The Bertz CT molecular complexity index is 843. The minimum atomic E-state index is -0.691. The molecule has 1 heterocycles. The Morgan fingerprint density at radius 1 is 1.24 bits per heavy atom. The number of rotatable bonds is 8. The van der Waals surface area contributed by atoms with Crippen molar-refractivity contribution in [3.63, 3.8) is 0 Å². The molecule has 0 radical (unpaired) electrons. The lowest BCUT2D eigenvalue weighted by Crippen LogP contribution is -2.42. The van der Waals surface area contributed by atoms with E-state index >= 15 is 0 Å². The van der Waals surface area contributed by atoms with Crippen LogP contribution in [0.1, 0.15) is 94.9 Å². The zero-order valence-corrected chi connectivity index (χ0v) is 20.9. The summed E-state index contributed by atoms with van der Waals surface area (Å²) in [5, 5.41) is 13.3. The lowest BCUT2D eigenvalue weighted by molar-refractivity contribution is -0.162. The van der Waals surface area contributed by atoms with Gasteiger partial charge < -0.3 is 19.9 Å². The molecule has 1 aliphatic heterocycles. The number of benzene rings is 1. The lowest BCUT2D eigenvalue weighted by Gasteiger charge is -2.35. The molecular weight excluding hydrogens is 418 g/mol. The first-order valence-electron chi connectivity index (χ1n) is 12.5. The molecule has 1 saturated carbocycles. The molecule has 33 heavy (non-hydrogen) atoms. The Kier molecular flexibility index (Phi) is 8.43. The zero-order valence-electron chi connectivity index (χ0n) is 20.9. The van der Waals surface area contributed by atoms with Gasteiger partial charge in [-0.05, 0) is 44.6 Å². The predicted molar refractivity (Wildman–Crippen MR) is 128 cm³/mol. The number of aliphatic hydroxyl groups is 1. The fraction of sp³-hybridized carbons (Fsp3) is 0.704. The van der Waals surface area contributed by atoms with Gasteiger partial charge in [0.15, 0.2) is 0 Å². The van der Waals surface area contributed by atoms with Crippen LogP contribution in [0, 0.1) is 25.2 Å². The highest BCUT2D eigenvalue weighted by atomic mass is 16.6. The van der Waals surface area contributed by atoms with Gasteiger partial charge >= 0.3 is 5.97 Å². The van der Waals surface area contributed by atoms with E-state index in [0.29, 0.717) is 12.3 Å². The Morgan fingerprint density at radius 2 is 1.94 bits per heavy atom. The maximum atomic E-state index is 13.2. The molecule has 1 aliphatic carbocycles. The van der Waals surface area contributed by atoms with Crippen molar-refractivity contribution in [2.45, 2.75) is 104 Å². The average Bonchev–Trinajstić information content (AvgIpc) is 2.76. The second-order valence-corrected chi connectivity index (χ2v) is 10.6. The zero-order chi connectivity index (χ0) is 24.2.